The maximum absolute atomic E-state index is 12.0. The Labute approximate surface area is 118 Å². The van der Waals surface area contributed by atoms with E-state index in [9.17, 15) is 9.59 Å². The molecule has 5 heteroatoms. The smallest absolute Gasteiger partial charge is 0.303 e. The van der Waals surface area contributed by atoms with Gasteiger partial charge in [0, 0.05) is 25.2 Å². The summed E-state index contributed by atoms with van der Waals surface area (Å²) in [5, 5.41) is 8.61. The van der Waals surface area contributed by atoms with E-state index in [1.54, 1.807) is 4.90 Å². The van der Waals surface area contributed by atoms with E-state index in [4.69, 9.17) is 5.11 Å². The number of likely N-dealkylation sites (N-methyl/N-ethyl adjacent to an activating group) is 1. The summed E-state index contributed by atoms with van der Waals surface area (Å²) < 4.78 is 0. The van der Waals surface area contributed by atoms with Gasteiger partial charge in [-0.2, -0.15) is 0 Å². The van der Waals surface area contributed by atoms with Gasteiger partial charge in [-0.1, -0.05) is 12.1 Å². The summed E-state index contributed by atoms with van der Waals surface area (Å²) in [4.78, 5) is 26.2. The summed E-state index contributed by atoms with van der Waals surface area (Å²) in [6, 6.07) is 7.84. The second-order valence-electron chi connectivity index (χ2n) is 5.20. The van der Waals surface area contributed by atoms with Crippen LogP contribution >= 0.6 is 0 Å². The molecule has 0 aromatic heterocycles. The number of rotatable bonds is 5. The van der Waals surface area contributed by atoms with Crippen LogP contribution in [0.15, 0.2) is 24.3 Å². The second kappa shape index (κ2) is 6.52. The fourth-order valence-electron chi connectivity index (χ4n) is 2.35. The number of aliphatic carboxylic acids is 1. The van der Waals surface area contributed by atoms with Crippen LogP contribution in [0.25, 0.3) is 0 Å². The first-order chi connectivity index (χ1) is 9.56. The summed E-state index contributed by atoms with van der Waals surface area (Å²) in [5.41, 5.74) is 2.03. The van der Waals surface area contributed by atoms with Gasteiger partial charge >= 0.3 is 5.97 Å². The van der Waals surface area contributed by atoms with Crippen LogP contribution in [0.3, 0.4) is 0 Å². The van der Waals surface area contributed by atoms with Crippen molar-refractivity contribution in [2.45, 2.75) is 19.3 Å². The lowest BCUT2D eigenvalue weighted by Gasteiger charge is -2.32. The molecule has 0 unspecified atom stereocenters. The number of carbonyl (C=O) groups excluding carboxylic acids is 1. The van der Waals surface area contributed by atoms with Crippen LogP contribution in [0.5, 0.6) is 0 Å². The van der Waals surface area contributed by atoms with Gasteiger partial charge in [-0.15, -0.1) is 0 Å². The first-order valence-corrected chi connectivity index (χ1v) is 6.86. The monoisotopic (exact) mass is 276 g/mol. The summed E-state index contributed by atoms with van der Waals surface area (Å²) in [6.45, 7) is 2.06. The lowest BCUT2D eigenvalue weighted by atomic mass is 10.1. The van der Waals surface area contributed by atoms with Gasteiger partial charge in [0.25, 0.3) is 0 Å². The molecule has 0 saturated carbocycles. The number of piperazine rings is 1. The summed E-state index contributed by atoms with van der Waals surface area (Å²) in [7, 11) is 1.95. The zero-order valence-electron chi connectivity index (χ0n) is 11.7. The van der Waals surface area contributed by atoms with E-state index in [-0.39, 0.29) is 12.3 Å². The van der Waals surface area contributed by atoms with Crippen LogP contribution in [-0.4, -0.2) is 48.6 Å². The molecule has 2 rings (SSSR count). The Hall–Kier alpha value is -1.88. The number of amides is 1. The van der Waals surface area contributed by atoms with E-state index in [2.05, 4.69) is 0 Å². The molecule has 0 bridgehead atoms. The number of hydrogen-bond acceptors (Lipinski definition) is 3. The zero-order chi connectivity index (χ0) is 14.5. The highest BCUT2D eigenvalue weighted by Gasteiger charge is 2.22. The second-order valence-corrected chi connectivity index (χ2v) is 5.20. The molecule has 1 N–H and O–H groups in total. The van der Waals surface area contributed by atoms with E-state index in [0.717, 1.165) is 24.2 Å². The van der Waals surface area contributed by atoms with E-state index in [1.165, 1.54) is 0 Å². The van der Waals surface area contributed by atoms with Crippen LogP contribution in [0, 0.1) is 0 Å². The molecule has 1 saturated heterocycles. The zero-order valence-corrected chi connectivity index (χ0v) is 11.7. The van der Waals surface area contributed by atoms with E-state index in [1.807, 2.05) is 36.2 Å². The van der Waals surface area contributed by atoms with Gasteiger partial charge in [-0.25, -0.2) is 0 Å². The van der Waals surface area contributed by atoms with Crippen LogP contribution in [-0.2, 0) is 16.0 Å². The fraction of sp³-hybridized carbons (Fsp3) is 0.467. The van der Waals surface area contributed by atoms with Gasteiger partial charge in [-0.3, -0.25) is 14.5 Å². The molecule has 0 atom stereocenters. The van der Waals surface area contributed by atoms with E-state index < -0.39 is 5.97 Å². The molecule has 1 aromatic carbocycles. The Bertz CT molecular complexity index is 484. The van der Waals surface area contributed by atoms with E-state index in [0.29, 0.717) is 19.5 Å². The highest BCUT2D eigenvalue weighted by atomic mass is 16.4. The van der Waals surface area contributed by atoms with Crippen molar-refractivity contribution < 1.29 is 14.7 Å². The number of carboxylic acid groups (broad SMARTS) is 1. The van der Waals surface area contributed by atoms with Crippen LogP contribution in [0.1, 0.15) is 18.4 Å². The number of benzene rings is 1. The predicted molar refractivity (Wildman–Crippen MR) is 76.9 cm³/mol. The van der Waals surface area contributed by atoms with Gasteiger partial charge in [0.15, 0.2) is 0 Å². The highest BCUT2D eigenvalue weighted by Crippen LogP contribution is 2.18. The van der Waals surface area contributed by atoms with Crippen LogP contribution in [0.4, 0.5) is 5.69 Å². The average molecular weight is 276 g/mol. The minimum atomic E-state index is -0.760. The maximum Gasteiger partial charge on any atom is 0.303 e. The van der Waals surface area contributed by atoms with Gasteiger partial charge in [0.05, 0.1) is 6.54 Å². The predicted octanol–water partition coefficient (Wildman–Crippen LogP) is 1.37. The molecule has 1 aliphatic heterocycles. The largest absolute Gasteiger partial charge is 0.481 e. The van der Waals surface area contributed by atoms with Crippen molar-refractivity contribution in [3.8, 4) is 0 Å². The molecule has 5 nitrogen and oxygen atoms in total. The summed E-state index contributed by atoms with van der Waals surface area (Å²) in [5.74, 6) is -0.637. The SMILES string of the molecule is CN1CCN(c2ccc(CCCC(=O)O)cc2)C(=O)C1. The Morgan fingerprint density at radius 3 is 2.55 bits per heavy atom. The number of aryl methyl sites for hydroxylation is 1. The topological polar surface area (TPSA) is 60.9 Å². The molecule has 1 heterocycles. The van der Waals surface area contributed by atoms with Gasteiger partial charge in [-0.05, 0) is 37.6 Å². The molecule has 20 heavy (non-hydrogen) atoms. The van der Waals surface area contributed by atoms with Crippen LogP contribution < -0.4 is 4.90 Å². The van der Waals surface area contributed by atoms with Crippen molar-refractivity contribution in [2.75, 3.05) is 31.6 Å². The van der Waals surface area contributed by atoms with Crippen molar-refractivity contribution in [3.05, 3.63) is 29.8 Å². The van der Waals surface area contributed by atoms with Crippen molar-refractivity contribution in [1.29, 1.82) is 0 Å². The standard InChI is InChI=1S/C15H20N2O3/c1-16-9-10-17(14(18)11-16)13-7-5-12(6-8-13)3-2-4-15(19)20/h5-8H,2-4,9-11H2,1H3,(H,19,20). The summed E-state index contributed by atoms with van der Waals surface area (Å²) >= 11 is 0. The third-order valence-electron chi connectivity index (χ3n) is 3.52. The minimum Gasteiger partial charge on any atom is -0.481 e. The minimum absolute atomic E-state index is 0.123. The lowest BCUT2D eigenvalue weighted by Crippen LogP contribution is -2.48. The lowest BCUT2D eigenvalue weighted by molar-refractivity contribution is -0.137. The number of hydrogen-bond donors (Lipinski definition) is 1. The van der Waals surface area contributed by atoms with Gasteiger partial charge < -0.3 is 10.0 Å². The number of carbonyl (C=O) groups is 2. The highest BCUT2D eigenvalue weighted by molar-refractivity contribution is 5.95. The number of carboxylic acids is 1. The fourth-order valence-corrected chi connectivity index (χ4v) is 2.35. The van der Waals surface area contributed by atoms with Crippen molar-refractivity contribution in [3.63, 3.8) is 0 Å². The van der Waals surface area contributed by atoms with Crippen molar-refractivity contribution >= 4 is 17.6 Å². The number of anilines is 1. The molecular formula is C15H20N2O3. The first kappa shape index (κ1) is 14.5. The normalized spacial score (nSPS) is 16.4. The Balaban J connectivity index is 1.94. The average Bonchev–Trinajstić information content (AvgIpc) is 2.39. The molecule has 108 valence electrons. The molecular weight excluding hydrogens is 256 g/mol. The van der Waals surface area contributed by atoms with E-state index >= 15 is 0 Å². The molecule has 1 aliphatic rings. The molecule has 1 fully saturated rings. The Kier molecular flexibility index (Phi) is 4.74. The van der Waals surface area contributed by atoms with Gasteiger partial charge in [0.1, 0.15) is 0 Å². The molecule has 0 aliphatic carbocycles. The molecule has 1 aromatic rings. The number of nitrogens with zero attached hydrogens (tertiary/aromatic N) is 2. The van der Waals surface area contributed by atoms with Crippen molar-refractivity contribution in [1.82, 2.24) is 4.90 Å². The molecule has 0 spiro atoms. The molecule has 0 radical (unpaired) electrons. The first-order valence-electron chi connectivity index (χ1n) is 6.86. The summed E-state index contributed by atoms with van der Waals surface area (Å²) in [6.07, 6.45) is 1.59. The van der Waals surface area contributed by atoms with Crippen molar-refractivity contribution in [2.24, 2.45) is 0 Å². The van der Waals surface area contributed by atoms with Crippen LogP contribution in [0.2, 0.25) is 0 Å². The third-order valence-corrected chi connectivity index (χ3v) is 3.52. The van der Waals surface area contributed by atoms with Gasteiger partial charge in [0.2, 0.25) is 5.91 Å². The quantitative estimate of drug-likeness (QED) is 0.882. The molecule has 1 amide bonds. The Morgan fingerprint density at radius 1 is 1.25 bits per heavy atom. The maximum atomic E-state index is 12.0. The Morgan fingerprint density at radius 2 is 1.95 bits per heavy atom. The third kappa shape index (κ3) is 3.81.